The molecule has 0 bridgehead atoms. The molecule has 3 rings (SSSR count). The monoisotopic (exact) mass is 268 g/mol. The van der Waals surface area contributed by atoms with Gasteiger partial charge in [0.25, 0.3) is 5.89 Å². The molecular formula is C15H16N4O. The normalized spacial score (nSPS) is 19.2. The van der Waals surface area contributed by atoms with E-state index in [1.807, 2.05) is 12.1 Å². The van der Waals surface area contributed by atoms with E-state index >= 15 is 0 Å². The number of rotatable bonds is 2. The van der Waals surface area contributed by atoms with Crippen LogP contribution < -0.4 is 5.32 Å². The minimum Gasteiger partial charge on any atom is -0.334 e. The van der Waals surface area contributed by atoms with Gasteiger partial charge >= 0.3 is 0 Å². The average molecular weight is 268 g/mol. The van der Waals surface area contributed by atoms with Crippen LogP contribution in [0.5, 0.6) is 0 Å². The molecule has 1 saturated heterocycles. The second kappa shape index (κ2) is 5.85. The lowest BCUT2D eigenvalue weighted by molar-refractivity contribution is 0.402. The Hall–Kier alpha value is -2.19. The number of benzene rings is 1. The maximum Gasteiger partial charge on any atom is 0.258 e. The van der Waals surface area contributed by atoms with Gasteiger partial charge in [-0.05, 0) is 37.6 Å². The van der Waals surface area contributed by atoms with Crippen molar-refractivity contribution >= 4 is 0 Å². The highest BCUT2D eigenvalue weighted by molar-refractivity contribution is 5.55. The van der Waals surface area contributed by atoms with Crippen LogP contribution >= 0.6 is 0 Å². The van der Waals surface area contributed by atoms with Crippen molar-refractivity contribution in [1.29, 1.82) is 5.26 Å². The summed E-state index contributed by atoms with van der Waals surface area (Å²) in [4.78, 5) is 4.47. The summed E-state index contributed by atoms with van der Waals surface area (Å²) < 4.78 is 5.33. The number of aromatic nitrogens is 2. The van der Waals surface area contributed by atoms with Crippen LogP contribution in [0.2, 0.25) is 0 Å². The largest absolute Gasteiger partial charge is 0.334 e. The van der Waals surface area contributed by atoms with E-state index in [1.54, 1.807) is 12.1 Å². The van der Waals surface area contributed by atoms with Crippen LogP contribution in [0.1, 0.15) is 43.1 Å². The first-order valence-electron chi connectivity index (χ1n) is 6.94. The van der Waals surface area contributed by atoms with E-state index in [2.05, 4.69) is 21.5 Å². The van der Waals surface area contributed by atoms with E-state index in [1.165, 1.54) is 19.3 Å². The van der Waals surface area contributed by atoms with Gasteiger partial charge in [-0.1, -0.05) is 24.1 Å². The molecule has 0 radical (unpaired) electrons. The zero-order valence-electron chi connectivity index (χ0n) is 11.2. The fraction of sp³-hybridized carbons (Fsp3) is 0.400. The van der Waals surface area contributed by atoms with Gasteiger partial charge in [-0.3, -0.25) is 0 Å². The van der Waals surface area contributed by atoms with E-state index in [-0.39, 0.29) is 6.04 Å². The lowest BCUT2D eigenvalue weighted by Crippen LogP contribution is -2.21. The molecule has 1 fully saturated rings. The third kappa shape index (κ3) is 2.70. The number of nitrogens with zero attached hydrogens (tertiary/aromatic N) is 3. The fourth-order valence-corrected chi connectivity index (χ4v) is 2.46. The summed E-state index contributed by atoms with van der Waals surface area (Å²) in [5, 5.41) is 16.5. The van der Waals surface area contributed by atoms with Gasteiger partial charge in [-0.25, -0.2) is 0 Å². The Labute approximate surface area is 117 Å². The molecular weight excluding hydrogens is 252 g/mol. The number of hydrogen-bond acceptors (Lipinski definition) is 5. The van der Waals surface area contributed by atoms with Gasteiger partial charge in [0.2, 0.25) is 0 Å². The van der Waals surface area contributed by atoms with E-state index in [4.69, 9.17) is 9.78 Å². The van der Waals surface area contributed by atoms with Crippen LogP contribution in [0, 0.1) is 11.3 Å². The first-order valence-corrected chi connectivity index (χ1v) is 6.94. The van der Waals surface area contributed by atoms with Gasteiger partial charge < -0.3 is 9.84 Å². The third-order valence-corrected chi connectivity index (χ3v) is 3.55. The summed E-state index contributed by atoms with van der Waals surface area (Å²) in [7, 11) is 0. The van der Waals surface area contributed by atoms with Crippen molar-refractivity contribution in [2.75, 3.05) is 6.54 Å². The molecule has 1 atom stereocenters. The predicted molar refractivity (Wildman–Crippen MR) is 73.7 cm³/mol. The van der Waals surface area contributed by atoms with Crippen molar-refractivity contribution in [1.82, 2.24) is 15.5 Å². The van der Waals surface area contributed by atoms with Gasteiger partial charge in [-0.15, -0.1) is 0 Å². The quantitative estimate of drug-likeness (QED) is 0.906. The molecule has 0 amide bonds. The zero-order chi connectivity index (χ0) is 13.8. The van der Waals surface area contributed by atoms with Gasteiger partial charge in [0.05, 0.1) is 17.7 Å². The van der Waals surface area contributed by atoms with Crippen molar-refractivity contribution in [2.45, 2.75) is 31.7 Å². The number of hydrogen-bond donors (Lipinski definition) is 1. The van der Waals surface area contributed by atoms with Crippen LogP contribution in [0.15, 0.2) is 28.8 Å². The Bertz CT molecular complexity index is 621. The molecule has 1 aromatic heterocycles. The second-order valence-electron chi connectivity index (χ2n) is 5.01. The first-order chi connectivity index (χ1) is 9.86. The summed E-state index contributed by atoms with van der Waals surface area (Å²) in [5.74, 6) is 1.19. The molecule has 0 saturated carbocycles. The van der Waals surface area contributed by atoms with Crippen LogP contribution in [0.3, 0.4) is 0 Å². The van der Waals surface area contributed by atoms with E-state index in [0.717, 1.165) is 18.5 Å². The Morgan fingerprint density at radius 1 is 1.30 bits per heavy atom. The maximum absolute atomic E-state index is 8.92. The number of nitriles is 1. The van der Waals surface area contributed by atoms with Gasteiger partial charge in [0.15, 0.2) is 5.82 Å². The molecule has 5 heteroatoms. The molecule has 102 valence electrons. The zero-order valence-corrected chi connectivity index (χ0v) is 11.2. The Morgan fingerprint density at radius 3 is 3.15 bits per heavy atom. The smallest absolute Gasteiger partial charge is 0.258 e. The molecule has 1 aliphatic rings. The summed E-state index contributed by atoms with van der Waals surface area (Å²) >= 11 is 0. The summed E-state index contributed by atoms with van der Waals surface area (Å²) in [6.45, 7) is 0.998. The van der Waals surface area contributed by atoms with Crippen LogP contribution in [-0.2, 0) is 0 Å². The highest BCUT2D eigenvalue weighted by atomic mass is 16.5. The molecule has 2 heterocycles. The van der Waals surface area contributed by atoms with Crippen molar-refractivity contribution in [3.63, 3.8) is 0 Å². The number of nitrogens with one attached hydrogen (secondary N) is 1. The topological polar surface area (TPSA) is 74.7 Å². The highest BCUT2D eigenvalue weighted by Crippen LogP contribution is 2.24. The molecule has 0 unspecified atom stereocenters. The van der Waals surface area contributed by atoms with Crippen molar-refractivity contribution < 1.29 is 4.52 Å². The minimum absolute atomic E-state index is 0.175. The fourth-order valence-electron chi connectivity index (χ4n) is 2.46. The standard InChI is InChI=1S/C15H16N4O/c16-10-11-5-4-6-12(9-11)15-18-14(19-20-15)13-7-2-1-3-8-17-13/h4-6,9,13,17H,1-3,7-8H2/t13-/m0/s1. The van der Waals surface area contributed by atoms with Crippen molar-refractivity contribution in [3.05, 3.63) is 35.7 Å². The Kier molecular flexibility index (Phi) is 3.75. The molecule has 0 spiro atoms. The van der Waals surface area contributed by atoms with E-state index in [9.17, 15) is 0 Å². The highest BCUT2D eigenvalue weighted by Gasteiger charge is 2.20. The van der Waals surface area contributed by atoms with E-state index in [0.29, 0.717) is 17.3 Å². The summed E-state index contributed by atoms with van der Waals surface area (Å²) in [6.07, 6.45) is 4.67. The van der Waals surface area contributed by atoms with Gasteiger partial charge in [-0.2, -0.15) is 10.2 Å². The Balaban J connectivity index is 1.84. The van der Waals surface area contributed by atoms with Crippen LogP contribution in [-0.4, -0.2) is 16.7 Å². The lowest BCUT2D eigenvalue weighted by Gasteiger charge is -2.09. The van der Waals surface area contributed by atoms with Gasteiger partial charge in [0, 0.05) is 5.56 Å². The molecule has 1 aliphatic heterocycles. The first kappa shape index (κ1) is 12.8. The van der Waals surface area contributed by atoms with Crippen molar-refractivity contribution in [2.24, 2.45) is 0 Å². The molecule has 2 aromatic rings. The molecule has 20 heavy (non-hydrogen) atoms. The molecule has 0 aliphatic carbocycles. The Morgan fingerprint density at radius 2 is 2.25 bits per heavy atom. The minimum atomic E-state index is 0.175. The lowest BCUT2D eigenvalue weighted by atomic mass is 10.1. The SMILES string of the molecule is N#Cc1cccc(-c2nc([C@@H]3CCCCCN3)no2)c1. The predicted octanol–water partition coefficient (Wildman–Crippen LogP) is 2.81. The third-order valence-electron chi connectivity index (χ3n) is 3.55. The summed E-state index contributed by atoms with van der Waals surface area (Å²) in [5.41, 5.74) is 1.38. The molecule has 5 nitrogen and oxygen atoms in total. The second-order valence-corrected chi connectivity index (χ2v) is 5.01. The summed E-state index contributed by atoms with van der Waals surface area (Å²) in [6, 6.07) is 9.50. The molecule has 1 N–H and O–H groups in total. The van der Waals surface area contributed by atoms with Crippen LogP contribution in [0.25, 0.3) is 11.5 Å². The van der Waals surface area contributed by atoms with E-state index < -0.39 is 0 Å². The van der Waals surface area contributed by atoms with Gasteiger partial charge in [0.1, 0.15) is 0 Å². The molecule has 1 aromatic carbocycles. The average Bonchev–Trinajstić information content (AvgIpc) is 2.83. The van der Waals surface area contributed by atoms with Crippen LogP contribution in [0.4, 0.5) is 0 Å². The van der Waals surface area contributed by atoms with Crippen molar-refractivity contribution in [3.8, 4) is 17.5 Å². The maximum atomic E-state index is 8.92.